The Morgan fingerprint density at radius 1 is 0.853 bits per heavy atom. The molecule has 2 aromatic carbocycles. The van der Waals surface area contributed by atoms with Crippen LogP contribution >= 0.6 is 0 Å². The van der Waals surface area contributed by atoms with Crippen molar-refractivity contribution in [2.45, 2.75) is 25.1 Å². The Morgan fingerprint density at radius 3 is 2.03 bits per heavy atom. The number of nitrogens with zero attached hydrogens (tertiary/aromatic N) is 2. The number of carbonyl (C=O) groups excluding carboxylic acids is 1. The highest BCUT2D eigenvalue weighted by Crippen LogP contribution is 2.38. The third-order valence-electron chi connectivity index (χ3n) is 4.34. The van der Waals surface area contributed by atoms with Gasteiger partial charge >= 0.3 is 24.6 Å². The first-order chi connectivity index (χ1) is 15.7. The van der Waals surface area contributed by atoms with Crippen molar-refractivity contribution in [1.82, 2.24) is 15.1 Å². The lowest BCUT2D eigenvalue weighted by Gasteiger charge is -2.14. The van der Waals surface area contributed by atoms with Gasteiger partial charge in [-0.2, -0.15) is 44.6 Å². The van der Waals surface area contributed by atoms with E-state index < -0.39 is 53.7 Å². The molecule has 1 N–H and O–H groups in total. The molecule has 34 heavy (non-hydrogen) atoms. The van der Waals surface area contributed by atoms with Gasteiger partial charge in [0.25, 0.3) is 0 Å². The zero-order valence-electron chi connectivity index (χ0n) is 16.5. The summed E-state index contributed by atoms with van der Waals surface area (Å²) < 4.78 is 122. The van der Waals surface area contributed by atoms with E-state index in [9.17, 15) is 44.3 Å². The standard InChI is InChI=1S/C20H12F9N3O2/c21-18(22,23)12-4-6-14(7-5-12)32-16(20(27,28)29)15(10-31-32)34-17(33)30-9-11-2-1-3-13(8-11)19(24,25)26/h1-8,10H,9H2,(H,30,33). The summed E-state index contributed by atoms with van der Waals surface area (Å²) in [7, 11) is 0. The number of carbonyl (C=O) groups is 1. The SMILES string of the molecule is O=C(NCc1cccc(C(F)(F)F)c1)Oc1cnn(-c2ccc(C(F)(F)F)cc2)c1C(F)(F)F. The van der Waals surface area contributed by atoms with Crippen LogP contribution in [0.25, 0.3) is 5.69 Å². The monoisotopic (exact) mass is 497 g/mol. The first-order valence-electron chi connectivity index (χ1n) is 9.11. The van der Waals surface area contributed by atoms with Gasteiger partial charge in [-0.15, -0.1) is 0 Å². The van der Waals surface area contributed by atoms with Gasteiger partial charge in [-0.3, -0.25) is 0 Å². The molecule has 0 saturated heterocycles. The average Bonchev–Trinajstić information content (AvgIpc) is 3.15. The first-order valence-corrected chi connectivity index (χ1v) is 9.11. The van der Waals surface area contributed by atoms with E-state index in [4.69, 9.17) is 0 Å². The second-order valence-electron chi connectivity index (χ2n) is 6.75. The molecule has 0 spiro atoms. The third-order valence-corrected chi connectivity index (χ3v) is 4.34. The fourth-order valence-corrected chi connectivity index (χ4v) is 2.82. The van der Waals surface area contributed by atoms with Crippen LogP contribution in [0.4, 0.5) is 44.3 Å². The summed E-state index contributed by atoms with van der Waals surface area (Å²) in [4.78, 5) is 12.0. The van der Waals surface area contributed by atoms with Gasteiger partial charge in [-0.1, -0.05) is 12.1 Å². The molecule has 14 heteroatoms. The smallest absolute Gasteiger partial charge is 0.406 e. The summed E-state index contributed by atoms with van der Waals surface area (Å²) in [5.74, 6) is -1.06. The highest BCUT2D eigenvalue weighted by atomic mass is 19.4. The van der Waals surface area contributed by atoms with Gasteiger partial charge in [0.1, 0.15) is 0 Å². The predicted molar refractivity (Wildman–Crippen MR) is 97.9 cm³/mol. The van der Waals surface area contributed by atoms with Crippen LogP contribution in [0.3, 0.4) is 0 Å². The van der Waals surface area contributed by atoms with Crippen molar-refractivity contribution in [2.75, 3.05) is 0 Å². The maximum Gasteiger partial charge on any atom is 0.437 e. The number of alkyl halides is 9. The predicted octanol–water partition coefficient (Wildman–Crippen LogP) is 6.22. The van der Waals surface area contributed by atoms with Crippen LogP contribution in [0.1, 0.15) is 22.4 Å². The zero-order chi connectivity index (χ0) is 25.3. The zero-order valence-corrected chi connectivity index (χ0v) is 16.5. The van der Waals surface area contributed by atoms with Crippen molar-refractivity contribution < 1.29 is 49.0 Å². The van der Waals surface area contributed by atoms with E-state index in [1.54, 1.807) is 0 Å². The van der Waals surface area contributed by atoms with Crippen molar-refractivity contribution in [3.05, 3.63) is 77.1 Å². The molecule has 1 heterocycles. The van der Waals surface area contributed by atoms with Gasteiger partial charge in [-0.25, -0.2) is 9.48 Å². The van der Waals surface area contributed by atoms with Gasteiger partial charge in [0.2, 0.25) is 0 Å². The molecule has 0 aliphatic rings. The van der Waals surface area contributed by atoms with E-state index >= 15 is 0 Å². The van der Waals surface area contributed by atoms with Crippen molar-refractivity contribution in [1.29, 1.82) is 0 Å². The normalized spacial score (nSPS) is 12.5. The largest absolute Gasteiger partial charge is 0.437 e. The van der Waals surface area contributed by atoms with Crippen LogP contribution in [0.2, 0.25) is 0 Å². The molecule has 0 aliphatic heterocycles. The number of nitrogens with one attached hydrogen (secondary N) is 1. The molecule has 0 fully saturated rings. The number of halogens is 9. The number of hydrogen-bond acceptors (Lipinski definition) is 3. The van der Waals surface area contributed by atoms with Crippen molar-refractivity contribution in [3.8, 4) is 11.4 Å². The van der Waals surface area contributed by atoms with Crippen molar-refractivity contribution in [3.63, 3.8) is 0 Å². The molecule has 3 rings (SSSR count). The minimum absolute atomic E-state index is 0.00303. The molecule has 3 aromatic rings. The Kier molecular flexibility index (Phi) is 6.53. The summed E-state index contributed by atoms with van der Waals surface area (Å²) >= 11 is 0. The lowest BCUT2D eigenvalue weighted by Crippen LogP contribution is -2.27. The highest BCUT2D eigenvalue weighted by Gasteiger charge is 2.41. The van der Waals surface area contributed by atoms with Crippen LogP contribution in [-0.2, 0) is 25.1 Å². The van der Waals surface area contributed by atoms with Crippen molar-refractivity contribution in [2.24, 2.45) is 0 Å². The Morgan fingerprint density at radius 2 is 1.47 bits per heavy atom. The molecule has 0 aliphatic carbocycles. The van der Waals surface area contributed by atoms with Gasteiger partial charge in [-0.05, 0) is 42.0 Å². The lowest BCUT2D eigenvalue weighted by atomic mass is 10.1. The van der Waals surface area contributed by atoms with Gasteiger partial charge in [0.15, 0.2) is 11.4 Å². The molecule has 0 radical (unpaired) electrons. The Balaban J connectivity index is 1.79. The molecule has 1 aromatic heterocycles. The van der Waals surface area contributed by atoms with Gasteiger partial charge in [0.05, 0.1) is 23.0 Å². The molecule has 0 atom stereocenters. The second kappa shape index (κ2) is 8.91. The van der Waals surface area contributed by atoms with Gasteiger partial charge in [0, 0.05) is 6.54 Å². The molecule has 1 amide bonds. The van der Waals surface area contributed by atoms with E-state index in [-0.39, 0.29) is 15.9 Å². The van der Waals surface area contributed by atoms with E-state index in [0.29, 0.717) is 18.3 Å². The number of benzene rings is 2. The Hall–Kier alpha value is -3.71. The minimum atomic E-state index is -5.13. The fourth-order valence-electron chi connectivity index (χ4n) is 2.82. The molecule has 0 saturated carbocycles. The van der Waals surface area contributed by atoms with Crippen LogP contribution in [0.15, 0.2) is 54.7 Å². The van der Waals surface area contributed by atoms with E-state index in [1.807, 2.05) is 5.32 Å². The molecule has 0 unspecified atom stereocenters. The maximum atomic E-state index is 13.6. The van der Waals surface area contributed by atoms with Crippen LogP contribution < -0.4 is 10.1 Å². The van der Waals surface area contributed by atoms with Gasteiger partial charge < -0.3 is 10.1 Å². The van der Waals surface area contributed by atoms with Crippen molar-refractivity contribution >= 4 is 6.09 Å². The molecule has 5 nitrogen and oxygen atoms in total. The Labute approximate surface area is 184 Å². The lowest BCUT2D eigenvalue weighted by molar-refractivity contribution is -0.144. The van der Waals surface area contributed by atoms with E-state index in [2.05, 4.69) is 9.84 Å². The third kappa shape index (κ3) is 5.80. The minimum Gasteiger partial charge on any atom is -0.406 e. The average molecular weight is 497 g/mol. The topological polar surface area (TPSA) is 56.1 Å². The molecular weight excluding hydrogens is 485 g/mol. The summed E-state index contributed by atoms with van der Waals surface area (Å²) in [6, 6.07) is 6.49. The summed E-state index contributed by atoms with van der Waals surface area (Å²) in [5.41, 5.74) is -4.05. The maximum absolute atomic E-state index is 13.6. The summed E-state index contributed by atoms with van der Waals surface area (Å²) in [6.45, 7) is -0.489. The molecular formula is C20H12F9N3O2. The first kappa shape index (κ1) is 24.9. The van der Waals surface area contributed by atoms with Crippen LogP contribution in [-0.4, -0.2) is 15.9 Å². The van der Waals surface area contributed by atoms with Crippen LogP contribution in [0.5, 0.6) is 5.75 Å². The highest BCUT2D eigenvalue weighted by molar-refractivity contribution is 5.70. The number of hydrogen-bond donors (Lipinski definition) is 1. The number of aromatic nitrogens is 2. The quantitative estimate of drug-likeness (QED) is 0.436. The number of amides is 1. The number of ether oxygens (including phenoxy) is 1. The number of rotatable bonds is 4. The fraction of sp³-hybridized carbons (Fsp3) is 0.200. The molecule has 0 bridgehead atoms. The summed E-state index contributed by atoms with van der Waals surface area (Å²) in [5, 5.41) is 5.46. The second-order valence-corrected chi connectivity index (χ2v) is 6.75. The van der Waals surface area contributed by atoms with Crippen LogP contribution in [0, 0.1) is 0 Å². The van der Waals surface area contributed by atoms with E-state index in [0.717, 1.165) is 30.3 Å². The van der Waals surface area contributed by atoms with E-state index in [1.165, 1.54) is 6.07 Å². The summed E-state index contributed by atoms with van der Waals surface area (Å²) in [6.07, 6.45) is -15.4. The Bertz CT molecular complexity index is 1160. The molecule has 182 valence electrons.